The highest BCUT2D eigenvalue weighted by molar-refractivity contribution is 5.97. The molecule has 0 fully saturated rings. The maximum atomic E-state index is 11.5. The summed E-state index contributed by atoms with van der Waals surface area (Å²) in [6, 6.07) is 7.12. The predicted octanol–water partition coefficient (Wildman–Crippen LogP) is 2.91. The Hall–Kier alpha value is -2.48. The van der Waals surface area contributed by atoms with Crippen molar-refractivity contribution in [2.45, 2.75) is 19.9 Å². The average molecular weight is 258 g/mol. The van der Waals surface area contributed by atoms with Crippen LogP contribution in [0.5, 0.6) is 0 Å². The molecule has 0 bridgehead atoms. The molecule has 2 rings (SSSR count). The van der Waals surface area contributed by atoms with Crippen molar-refractivity contribution in [3.63, 3.8) is 0 Å². The Morgan fingerprint density at radius 1 is 1.47 bits per heavy atom. The zero-order valence-electron chi connectivity index (χ0n) is 11.0. The summed E-state index contributed by atoms with van der Waals surface area (Å²) in [7, 11) is 1.32. The number of methoxy groups -OCH3 is 1. The Morgan fingerprint density at radius 3 is 2.79 bits per heavy atom. The summed E-state index contributed by atoms with van der Waals surface area (Å²) in [5.41, 5.74) is 1.35. The van der Waals surface area contributed by atoms with Gasteiger partial charge in [0.05, 0.1) is 12.7 Å². The fraction of sp³-hybridized carbons (Fsp3) is 0.286. The lowest BCUT2D eigenvalue weighted by Crippen LogP contribution is -2.09. The van der Waals surface area contributed by atoms with Crippen LogP contribution in [0.15, 0.2) is 22.6 Å². The van der Waals surface area contributed by atoms with Crippen LogP contribution in [0, 0.1) is 11.3 Å². The van der Waals surface area contributed by atoms with Crippen molar-refractivity contribution in [3.05, 3.63) is 29.3 Å². The molecule has 0 aliphatic heterocycles. The van der Waals surface area contributed by atoms with Gasteiger partial charge in [0.1, 0.15) is 17.2 Å². The van der Waals surface area contributed by atoms with E-state index < -0.39 is 5.97 Å². The van der Waals surface area contributed by atoms with E-state index in [1.54, 1.807) is 18.2 Å². The van der Waals surface area contributed by atoms with Gasteiger partial charge in [-0.15, -0.1) is 0 Å². The lowest BCUT2D eigenvalue weighted by molar-refractivity contribution is 0.0601. The highest BCUT2D eigenvalue weighted by Gasteiger charge is 2.16. The third kappa shape index (κ3) is 2.38. The molecule has 0 aliphatic rings. The van der Waals surface area contributed by atoms with Crippen molar-refractivity contribution >= 4 is 22.8 Å². The van der Waals surface area contributed by atoms with E-state index in [1.807, 2.05) is 13.8 Å². The molecule has 5 nitrogen and oxygen atoms in total. The number of hydrogen-bond acceptors (Lipinski definition) is 5. The van der Waals surface area contributed by atoms with Crippen LogP contribution in [0.2, 0.25) is 0 Å². The maximum Gasteiger partial charge on any atom is 0.337 e. The molecular formula is C14H14N2O3. The Balaban J connectivity index is 2.59. The molecule has 1 N–H and O–H groups in total. The van der Waals surface area contributed by atoms with Gasteiger partial charge in [-0.3, -0.25) is 0 Å². The van der Waals surface area contributed by atoms with Gasteiger partial charge in [-0.1, -0.05) is 0 Å². The molecule has 1 aromatic heterocycles. The smallest absolute Gasteiger partial charge is 0.337 e. The topological polar surface area (TPSA) is 75.3 Å². The molecule has 0 spiro atoms. The van der Waals surface area contributed by atoms with Crippen LogP contribution >= 0.6 is 0 Å². The van der Waals surface area contributed by atoms with Gasteiger partial charge in [0.2, 0.25) is 5.88 Å². The van der Waals surface area contributed by atoms with Crippen LogP contribution in [0.4, 0.5) is 5.88 Å². The van der Waals surface area contributed by atoms with Gasteiger partial charge in [-0.2, -0.15) is 5.26 Å². The highest BCUT2D eigenvalue weighted by Crippen LogP contribution is 2.30. The van der Waals surface area contributed by atoms with E-state index >= 15 is 0 Å². The minimum Gasteiger partial charge on any atom is -0.465 e. The van der Waals surface area contributed by atoms with Gasteiger partial charge in [0, 0.05) is 11.4 Å². The van der Waals surface area contributed by atoms with Crippen LogP contribution < -0.4 is 5.32 Å². The zero-order valence-corrected chi connectivity index (χ0v) is 11.0. The fourth-order valence-corrected chi connectivity index (χ4v) is 1.82. The minimum atomic E-state index is -0.439. The average Bonchev–Trinajstić information content (AvgIpc) is 2.72. The molecule has 0 saturated carbocycles. The van der Waals surface area contributed by atoms with E-state index in [-0.39, 0.29) is 6.04 Å². The van der Waals surface area contributed by atoms with Gasteiger partial charge in [-0.25, -0.2) is 4.79 Å². The van der Waals surface area contributed by atoms with Crippen LogP contribution in [-0.2, 0) is 4.74 Å². The van der Waals surface area contributed by atoms with Gasteiger partial charge >= 0.3 is 5.97 Å². The first-order chi connectivity index (χ1) is 9.06. The molecule has 19 heavy (non-hydrogen) atoms. The largest absolute Gasteiger partial charge is 0.465 e. The number of carbonyl (C=O) groups is 1. The molecule has 0 amide bonds. The normalized spacial score (nSPS) is 10.5. The monoisotopic (exact) mass is 258 g/mol. The SMILES string of the molecule is COC(=O)c1ccc2oc(NC(C)C)c(C#N)c2c1. The summed E-state index contributed by atoms with van der Waals surface area (Å²) >= 11 is 0. The van der Waals surface area contributed by atoms with Crippen molar-refractivity contribution in [1.82, 2.24) is 0 Å². The van der Waals surface area contributed by atoms with Crippen molar-refractivity contribution in [3.8, 4) is 6.07 Å². The van der Waals surface area contributed by atoms with Gasteiger partial charge in [0.25, 0.3) is 0 Å². The minimum absolute atomic E-state index is 0.146. The molecule has 98 valence electrons. The number of nitrogens with zero attached hydrogens (tertiary/aromatic N) is 1. The number of nitrogens with one attached hydrogen (secondary N) is 1. The number of rotatable bonds is 3. The van der Waals surface area contributed by atoms with E-state index in [0.29, 0.717) is 28.0 Å². The second kappa shape index (κ2) is 5.02. The Kier molecular flexibility index (Phi) is 3.43. The molecule has 5 heteroatoms. The van der Waals surface area contributed by atoms with Crippen molar-refractivity contribution in [2.75, 3.05) is 12.4 Å². The molecule has 2 aromatic rings. The molecular weight excluding hydrogens is 244 g/mol. The van der Waals surface area contributed by atoms with Crippen molar-refractivity contribution in [2.24, 2.45) is 0 Å². The predicted molar refractivity (Wildman–Crippen MR) is 71.0 cm³/mol. The molecule has 0 atom stereocenters. The number of carbonyl (C=O) groups excluding carboxylic acids is 1. The highest BCUT2D eigenvalue weighted by atomic mass is 16.5. The van der Waals surface area contributed by atoms with Gasteiger partial charge < -0.3 is 14.5 Å². The van der Waals surface area contributed by atoms with Crippen molar-refractivity contribution < 1.29 is 13.9 Å². The Labute approximate surface area is 110 Å². The summed E-state index contributed by atoms with van der Waals surface area (Å²) in [5, 5.41) is 12.9. The van der Waals surface area contributed by atoms with E-state index in [9.17, 15) is 10.1 Å². The van der Waals surface area contributed by atoms with Gasteiger partial charge in [0.15, 0.2) is 0 Å². The first-order valence-corrected chi connectivity index (χ1v) is 5.88. The first-order valence-electron chi connectivity index (χ1n) is 5.88. The summed E-state index contributed by atoms with van der Waals surface area (Å²) < 4.78 is 10.2. The number of hydrogen-bond donors (Lipinski definition) is 1. The van der Waals surface area contributed by atoms with Crippen LogP contribution in [0.25, 0.3) is 11.0 Å². The number of fused-ring (bicyclic) bond motifs is 1. The van der Waals surface area contributed by atoms with E-state index in [4.69, 9.17) is 4.42 Å². The lowest BCUT2D eigenvalue weighted by atomic mass is 10.1. The van der Waals surface area contributed by atoms with E-state index in [1.165, 1.54) is 7.11 Å². The van der Waals surface area contributed by atoms with E-state index in [0.717, 1.165) is 0 Å². The lowest BCUT2D eigenvalue weighted by Gasteiger charge is -2.05. The molecule has 1 aromatic carbocycles. The van der Waals surface area contributed by atoms with Gasteiger partial charge in [-0.05, 0) is 32.0 Å². The summed E-state index contributed by atoms with van der Waals surface area (Å²) in [4.78, 5) is 11.5. The number of furan rings is 1. The first kappa shape index (κ1) is 13.0. The van der Waals surface area contributed by atoms with Crippen LogP contribution in [-0.4, -0.2) is 19.1 Å². The van der Waals surface area contributed by atoms with Crippen LogP contribution in [0.3, 0.4) is 0 Å². The van der Waals surface area contributed by atoms with E-state index in [2.05, 4.69) is 16.1 Å². The molecule has 0 unspecified atom stereocenters. The number of nitriles is 1. The fourth-order valence-electron chi connectivity index (χ4n) is 1.82. The number of anilines is 1. The van der Waals surface area contributed by atoms with Crippen LogP contribution in [0.1, 0.15) is 29.8 Å². The third-order valence-corrected chi connectivity index (χ3v) is 2.64. The second-order valence-electron chi connectivity index (χ2n) is 4.42. The third-order valence-electron chi connectivity index (χ3n) is 2.64. The molecule has 0 radical (unpaired) electrons. The molecule has 1 heterocycles. The number of ether oxygens (including phenoxy) is 1. The standard InChI is InChI=1S/C14H14N2O3/c1-8(2)16-13-11(7-15)10-6-9(14(17)18-3)4-5-12(10)19-13/h4-6,8,16H,1-3H3. The summed E-state index contributed by atoms with van der Waals surface area (Å²) in [6.45, 7) is 3.91. The molecule has 0 aliphatic carbocycles. The number of benzene rings is 1. The maximum absolute atomic E-state index is 11.5. The quantitative estimate of drug-likeness (QED) is 0.857. The Bertz CT molecular complexity index is 665. The zero-order chi connectivity index (χ0) is 14.0. The number of esters is 1. The summed E-state index contributed by atoms with van der Waals surface area (Å²) in [6.07, 6.45) is 0. The summed E-state index contributed by atoms with van der Waals surface area (Å²) in [5.74, 6) is -0.0140. The second-order valence-corrected chi connectivity index (χ2v) is 4.42. The van der Waals surface area contributed by atoms with Crippen molar-refractivity contribution in [1.29, 1.82) is 5.26 Å². The molecule has 0 saturated heterocycles. The Morgan fingerprint density at radius 2 is 2.21 bits per heavy atom.